The predicted molar refractivity (Wildman–Crippen MR) is 169 cm³/mol. The van der Waals surface area contributed by atoms with Crippen LogP contribution in [-0.2, 0) is 22.0 Å². The number of hydrogen-bond donors (Lipinski definition) is 2. The van der Waals surface area contributed by atoms with Gasteiger partial charge in [0.05, 0.1) is 0 Å². The minimum atomic E-state index is -0.177. The number of amides is 1. The van der Waals surface area contributed by atoms with Crippen LogP contribution in [0.3, 0.4) is 0 Å². The largest absolute Gasteiger partial charge is 0.507 e. The summed E-state index contributed by atoms with van der Waals surface area (Å²) in [4.78, 5) is 12.5. The Morgan fingerprint density at radius 2 is 1.32 bits per heavy atom. The number of hydrogen-bond acceptors (Lipinski definition) is 4. The molecule has 0 fully saturated rings. The summed E-state index contributed by atoms with van der Waals surface area (Å²) >= 11 is 1.90. The van der Waals surface area contributed by atoms with Crippen LogP contribution in [-0.4, -0.2) is 27.7 Å². The maximum Gasteiger partial charge on any atom is 0.240 e. The van der Waals surface area contributed by atoms with E-state index >= 15 is 0 Å². The van der Waals surface area contributed by atoms with Gasteiger partial charge in [0.25, 0.3) is 0 Å². The quantitative estimate of drug-likeness (QED) is 0.116. The lowest BCUT2D eigenvalue weighted by molar-refractivity contribution is -0.121. The third-order valence-corrected chi connectivity index (χ3v) is 8.31. The van der Waals surface area contributed by atoms with Crippen LogP contribution in [0.5, 0.6) is 5.75 Å². The van der Waals surface area contributed by atoms with Crippen LogP contribution in [0.4, 0.5) is 0 Å². The second-order valence-electron chi connectivity index (χ2n) is 13.5. The van der Waals surface area contributed by atoms with E-state index in [0.29, 0.717) is 18.6 Å². The van der Waals surface area contributed by atoms with Gasteiger partial charge in [-0.15, -0.1) is 11.8 Å². The number of carbonyl (C=O) groups excluding carboxylic acids is 1. The molecule has 38 heavy (non-hydrogen) atoms. The average Bonchev–Trinajstić information content (AvgIpc) is 2.80. The maximum atomic E-state index is 12.5. The Balaban J connectivity index is 2.43. The van der Waals surface area contributed by atoms with Crippen LogP contribution in [0.25, 0.3) is 0 Å². The summed E-state index contributed by atoms with van der Waals surface area (Å²) in [7, 11) is 0. The van der Waals surface area contributed by atoms with Crippen molar-refractivity contribution >= 4 is 23.9 Å². The predicted octanol–water partition coefficient (Wildman–Crippen LogP) is 9.45. The number of rotatable bonds is 17. The van der Waals surface area contributed by atoms with Crippen LogP contribution in [0.2, 0.25) is 0 Å². The summed E-state index contributed by atoms with van der Waals surface area (Å²) < 4.78 is -0.104. The van der Waals surface area contributed by atoms with Crippen molar-refractivity contribution in [2.24, 2.45) is 5.10 Å². The summed E-state index contributed by atoms with van der Waals surface area (Å²) in [5.74, 6) is 1.41. The fourth-order valence-electron chi connectivity index (χ4n) is 4.52. The second kappa shape index (κ2) is 16.6. The van der Waals surface area contributed by atoms with Crippen LogP contribution >= 0.6 is 11.8 Å². The number of carbonyl (C=O) groups is 1. The molecule has 1 aromatic carbocycles. The molecule has 0 radical (unpaired) electrons. The molecule has 0 saturated heterocycles. The van der Waals surface area contributed by atoms with Crippen molar-refractivity contribution in [1.29, 1.82) is 0 Å². The van der Waals surface area contributed by atoms with Crippen molar-refractivity contribution in [3.8, 4) is 5.75 Å². The van der Waals surface area contributed by atoms with Gasteiger partial charge in [0.15, 0.2) is 0 Å². The molecule has 1 rings (SSSR count). The van der Waals surface area contributed by atoms with Crippen molar-refractivity contribution in [2.75, 3.05) is 5.75 Å². The monoisotopic (exact) mass is 546 g/mol. The van der Waals surface area contributed by atoms with Crippen molar-refractivity contribution in [3.63, 3.8) is 0 Å². The van der Waals surface area contributed by atoms with Gasteiger partial charge in [-0.25, -0.2) is 5.43 Å². The fourth-order valence-corrected chi connectivity index (χ4v) is 5.52. The zero-order chi connectivity index (χ0) is 28.8. The Labute approximate surface area is 239 Å². The van der Waals surface area contributed by atoms with E-state index in [2.05, 4.69) is 85.0 Å². The first-order valence-electron chi connectivity index (χ1n) is 15.0. The molecule has 5 heteroatoms. The third-order valence-electron chi connectivity index (χ3n) is 6.96. The number of aromatic hydroxyl groups is 1. The molecule has 0 aliphatic heterocycles. The zero-order valence-electron chi connectivity index (χ0n) is 26.1. The minimum Gasteiger partial charge on any atom is -0.507 e. The Bertz CT molecular complexity index is 828. The SMILES string of the molecule is CCCCCCCCCCCCSC(C)(C)C=NNC(=O)CCc1cc(C(C)(C)C)c(O)c(C(C)(C)C)c1. The van der Waals surface area contributed by atoms with Gasteiger partial charge in [0, 0.05) is 17.4 Å². The number of nitrogens with one attached hydrogen (secondary N) is 1. The first-order valence-corrected chi connectivity index (χ1v) is 16.0. The number of aryl methyl sites for hydroxylation is 1. The van der Waals surface area contributed by atoms with Gasteiger partial charge in [-0.05, 0) is 60.0 Å². The van der Waals surface area contributed by atoms with Crippen molar-refractivity contribution in [2.45, 2.75) is 155 Å². The van der Waals surface area contributed by atoms with E-state index in [0.717, 1.165) is 22.4 Å². The van der Waals surface area contributed by atoms with E-state index in [4.69, 9.17) is 0 Å². The molecular weight excluding hydrogens is 488 g/mol. The lowest BCUT2D eigenvalue weighted by Crippen LogP contribution is -2.23. The highest BCUT2D eigenvalue weighted by Crippen LogP contribution is 2.40. The van der Waals surface area contributed by atoms with Crippen LogP contribution < -0.4 is 5.43 Å². The van der Waals surface area contributed by atoms with Crippen molar-refractivity contribution < 1.29 is 9.90 Å². The Hall–Kier alpha value is -1.49. The molecule has 0 spiro atoms. The van der Waals surface area contributed by atoms with Gasteiger partial charge in [-0.1, -0.05) is 118 Å². The molecule has 1 amide bonds. The molecule has 218 valence electrons. The summed E-state index contributed by atoms with van der Waals surface area (Å²) in [6, 6.07) is 4.10. The van der Waals surface area contributed by atoms with E-state index < -0.39 is 0 Å². The minimum absolute atomic E-state index is 0.0839. The van der Waals surface area contributed by atoms with Gasteiger partial charge in [0.2, 0.25) is 5.91 Å². The number of phenolic OH excluding ortho intramolecular Hbond substituents is 1. The highest BCUT2D eigenvalue weighted by Gasteiger charge is 2.26. The van der Waals surface area contributed by atoms with Gasteiger partial charge in [-0.2, -0.15) is 5.10 Å². The lowest BCUT2D eigenvalue weighted by Gasteiger charge is -2.28. The molecule has 0 aliphatic carbocycles. The van der Waals surface area contributed by atoms with Gasteiger partial charge in [0.1, 0.15) is 5.75 Å². The van der Waals surface area contributed by atoms with Crippen molar-refractivity contribution in [1.82, 2.24) is 5.43 Å². The maximum absolute atomic E-state index is 12.5. The summed E-state index contributed by atoms with van der Waals surface area (Å²) in [5, 5.41) is 15.2. The number of hydrazone groups is 1. The summed E-state index contributed by atoms with van der Waals surface area (Å²) in [6.45, 7) is 19.2. The van der Waals surface area contributed by atoms with E-state index in [1.165, 1.54) is 64.2 Å². The molecule has 4 nitrogen and oxygen atoms in total. The number of benzene rings is 1. The van der Waals surface area contributed by atoms with Crippen LogP contribution in [0.15, 0.2) is 17.2 Å². The first kappa shape index (κ1) is 34.5. The van der Waals surface area contributed by atoms with Gasteiger partial charge in [-0.3, -0.25) is 4.79 Å². The number of phenols is 1. The standard InChI is InChI=1S/C33H58N2O2S/c1-10-11-12-13-14-15-16-17-18-19-22-38-33(8,9)25-34-35-29(36)21-20-26-23-27(31(2,3)4)30(37)28(24-26)32(5,6)7/h23-25,37H,10-22H2,1-9H3,(H,35,36). The van der Waals surface area contributed by atoms with E-state index in [9.17, 15) is 9.90 Å². The zero-order valence-corrected chi connectivity index (χ0v) is 27.0. The topological polar surface area (TPSA) is 61.7 Å². The average molecular weight is 547 g/mol. The Morgan fingerprint density at radius 1 is 0.842 bits per heavy atom. The molecule has 0 heterocycles. The van der Waals surface area contributed by atoms with E-state index in [1.54, 1.807) is 0 Å². The lowest BCUT2D eigenvalue weighted by atomic mass is 9.78. The Kier molecular flexibility index (Phi) is 15.1. The first-order chi connectivity index (χ1) is 17.7. The van der Waals surface area contributed by atoms with Crippen LogP contribution in [0, 0.1) is 0 Å². The highest BCUT2D eigenvalue weighted by atomic mass is 32.2. The molecule has 0 atom stereocenters. The normalized spacial score (nSPS) is 12.9. The molecule has 2 N–H and O–H groups in total. The van der Waals surface area contributed by atoms with Gasteiger partial charge < -0.3 is 5.11 Å². The fraction of sp³-hybridized carbons (Fsp3) is 0.758. The smallest absolute Gasteiger partial charge is 0.240 e. The molecular formula is C33H58N2O2S. The molecule has 0 aliphatic rings. The Morgan fingerprint density at radius 3 is 1.79 bits per heavy atom. The molecule has 0 saturated carbocycles. The van der Waals surface area contributed by atoms with Crippen LogP contribution in [0.1, 0.15) is 150 Å². The summed E-state index contributed by atoms with van der Waals surface area (Å²) in [5.41, 5.74) is 5.30. The number of unbranched alkanes of at least 4 members (excludes halogenated alkanes) is 9. The van der Waals surface area contributed by atoms with Gasteiger partial charge >= 0.3 is 0 Å². The van der Waals surface area contributed by atoms with Crippen molar-refractivity contribution in [3.05, 3.63) is 28.8 Å². The van der Waals surface area contributed by atoms with E-state index in [-0.39, 0.29) is 21.5 Å². The molecule has 0 unspecified atom stereocenters. The van der Waals surface area contributed by atoms with E-state index in [1.807, 2.05) is 18.0 Å². The number of thioether (sulfide) groups is 1. The second-order valence-corrected chi connectivity index (χ2v) is 15.2. The summed E-state index contributed by atoms with van der Waals surface area (Å²) in [6.07, 6.45) is 16.4. The highest BCUT2D eigenvalue weighted by molar-refractivity contribution is 8.01. The molecule has 0 bridgehead atoms. The molecule has 1 aromatic rings. The number of nitrogens with zero attached hydrogens (tertiary/aromatic N) is 1. The third kappa shape index (κ3) is 14.1. The molecule has 0 aromatic heterocycles.